The molecule has 0 bridgehead atoms. The molecule has 0 aliphatic carbocycles. The first-order chi connectivity index (χ1) is 8.45. The average Bonchev–Trinajstić information content (AvgIpc) is 2.57. The third kappa shape index (κ3) is 2.82. The summed E-state index contributed by atoms with van der Waals surface area (Å²) >= 11 is 1.41. The molecule has 0 saturated heterocycles. The number of ketones is 1. The van der Waals surface area contributed by atoms with Crippen molar-refractivity contribution >= 4 is 17.1 Å². The Morgan fingerprint density at radius 2 is 1.72 bits per heavy atom. The minimum atomic E-state index is -0.656. The fourth-order valence-electron chi connectivity index (χ4n) is 1.70. The van der Waals surface area contributed by atoms with Gasteiger partial charge in [0.25, 0.3) is 0 Å². The van der Waals surface area contributed by atoms with Gasteiger partial charge in [-0.25, -0.2) is 8.78 Å². The highest BCUT2D eigenvalue weighted by Crippen LogP contribution is 2.22. The summed E-state index contributed by atoms with van der Waals surface area (Å²) in [7, 11) is 0. The number of rotatable bonds is 3. The quantitative estimate of drug-likeness (QED) is 0.765. The van der Waals surface area contributed by atoms with Gasteiger partial charge in [0.05, 0.1) is 4.88 Å². The summed E-state index contributed by atoms with van der Waals surface area (Å²) in [6.07, 6.45) is 0.0219. The van der Waals surface area contributed by atoms with Crippen molar-refractivity contribution in [3.8, 4) is 0 Å². The van der Waals surface area contributed by atoms with Gasteiger partial charge >= 0.3 is 0 Å². The molecule has 0 aliphatic heterocycles. The monoisotopic (exact) mass is 266 g/mol. The van der Waals surface area contributed by atoms with Gasteiger partial charge in [0, 0.05) is 17.4 Å². The van der Waals surface area contributed by atoms with Gasteiger partial charge in [0.1, 0.15) is 11.6 Å². The highest BCUT2D eigenvalue weighted by Gasteiger charge is 2.12. The summed E-state index contributed by atoms with van der Waals surface area (Å²) in [5, 5.41) is 0. The predicted molar refractivity (Wildman–Crippen MR) is 68.2 cm³/mol. The number of benzene rings is 1. The standard InChI is InChI=1S/C14H12F2OS/c1-8-3-14(18-9(8)2)13(17)6-10-4-11(15)7-12(16)5-10/h3-5,7H,6H2,1-2H3. The van der Waals surface area contributed by atoms with Crippen LogP contribution in [0.1, 0.15) is 25.7 Å². The van der Waals surface area contributed by atoms with Gasteiger partial charge in [-0.2, -0.15) is 0 Å². The highest BCUT2D eigenvalue weighted by molar-refractivity contribution is 7.14. The van der Waals surface area contributed by atoms with Crippen LogP contribution < -0.4 is 0 Å². The summed E-state index contributed by atoms with van der Waals surface area (Å²) in [5.74, 6) is -1.42. The molecule has 94 valence electrons. The number of thiophene rings is 1. The zero-order chi connectivity index (χ0) is 13.3. The van der Waals surface area contributed by atoms with E-state index in [0.717, 1.165) is 16.5 Å². The van der Waals surface area contributed by atoms with Crippen molar-refractivity contribution in [2.45, 2.75) is 20.3 Å². The molecule has 2 rings (SSSR count). The number of halogens is 2. The molecular formula is C14H12F2OS. The zero-order valence-electron chi connectivity index (χ0n) is 10.1. The van der Waals surface area contributed by atoms with E-state index >= 15 is 0 Å². The molecule has 0 aliphatic rings. The largest absolute Gasteiger partial charge is 0.293 e. The Labute approximate surface area is 108 Å². The summed E-state index contributed by atoms with van der Waals surface area (Å²) in [5.41, 5.74) is 1.43. The maximum atomic E-state index is 13.0. The van der Waals surface area contributed by atoms with Crippen LogP contribution in [0.4, 0.5) is 8.78 Å². The molecule has 1 nitrogen and oxygen atoms in total. The van der Waals surface area contributed by atoms with Crippen LogP contribution in [-0.4, -0.2) is 5.78 Å². The molecule has 4 heteroatoms. The second-order valence-electron chi connectivity index (χ2n) is 4.23. The molecule has 18 heavy (non-hydrogen) atoms. The molecule has 0 unspecified atom stereocenters. The van der Waals surface area contributed by atoms with Crippen molar-refractivity contribution < 1.29 is 13.6 Å². The van der Waals surface area contributed by atoms with Gasteiger partial charge in [0.2, 0.25) is 0 Å². The normalized spacial score (nSPS) is 10.7. The molecule has 1 aromatic heterocycles. The van der Waals surface area contributed by atoms with Gasteiger partial charge in [-0.15, -0.1) is 11.3 Å². The van der Waals surface area contributed by atoms with E-state index in [0.29, 0.717) is 10.4 Å². The zero-order valence-corrected chi connectivity index (χ0v) is 10.9. The van der Waals surface area contributed by atoms with Crippen LogP contribution in [0.3, 0.4) is 0 Å². The van der Waals surface area contributed by atoms with E-state index in [-0.39, 0.29) is 12.2 Å². The van der Waals surface area contributed by atoms with Crippen molar-refractivity contribution in [2.24, 2.45) is 0 Å². The van der Waals surface area contributed by atoms with E-state index in [9.17, 15) is 13.6 Å². The molecule has 0 radical (unpaired) electrons. The maximum absolute atomic E-state index is 13.0. The minimum Gasteiger partial charge on any atom is -0.293 e. The number of Topliss-reactive ketones (excluding diaryl/α,β-unsaturated/α-hetero) is 1. The van der Waals surface area contributed by atoms with E-state index in [4.69, 9.17) is 0 Å². The SMILES string of the molecule is Cc1cc(C(=O)Cc2cc(F)cc(F)c2)sc1C. The average molecular weight is 266 g/mol. The Morgan fingerprint density at radius 3 is 2.22 bits per heavy atom. The van der Waals surface area contributed by atoms with Crippen LogP contribution in [0.5, 0.6) is 0 Å². The van der Waals surface area contributed by atoms with Crippen molar-refractivity contribution in [3.05, 3.63) is 56.8 Å². The van der Waals surface area contributed by atoms with E-state index in [1.165, 1.54) is 23.5 Å². The Morgan fingerprint density at radius 1 is 1.11 bits per heavy atom. The van der Waals surface area contributed by atoms with Crippen molar-refractivity contribution in [3.63, 3.8) is 0 Å². The Bertz CT molecular complexity index is 562. The Kier molecular flexibility index (Phi) is 3.57. The van der Waals surface area contributed by atoms with E-state index in [1.807, 2.05) is 19.9 Å². The maximum Gasteiger partial charge on any atom is 0.177 e. The number of hydrogen-bond acceptors (Lipinski definition) is 2. The number of aryl methyl sites for hydroxylation is 2. The first kappa shape index (κ1) is 12.9. The minimum absolute atomic E-state index is 0.0219. The molecule has 0 spiro atoms. The summed E-state index contributed by atoms with van der Waals surface area (Å²) in [6, 6.07) is 4.99. The lowest BCUT2D eigenvalue weighted by molar-refractivity contribution is 0.0996. The molecule has 0 amide bonds. The fraction of sp³-hybridized carbons (Fsp3) is 0.214. The fourth-order valence-corrected chi connectivity index (χ4v) is 2.67. The lowest BCUT2D eigenvalue weighted by Gasteiger charge is -2.00. The predicted octanol–water partition coefficient (Wildman–Crippen LogP) is 4.07. The van der Waals surface area contributed by atoms with Gasteiger partial charge in [-0.1, -0.05) is 0 Å². The van der Waals surface area contributed by atoms with E-state index in [2.05, 4.69) is 0 Å². The third-order valence-electron chi connectivity index (χ3n) is 2.73. The number of hydrogen-bond donors (Lipinski definition) is 0. The molecule has 1 heterocycles. The Hall–Kier alpha value is -1.55. The van der Waals surface area contributed by atoms with Crippen LogP contribution >= 0.6 is 11.3 Å². The first-order valence-corrected chi connectivity index (χ1v) is 6.32. The third-order valence-corrected chi connectivity index (χ3v) is 3.92. The van der Waals surface area contributed by atoms with Crippen LogP contribution in [0, 0.1) is 25.5 Å². The van der Waals surface area contributed by atoms with Gasteiger partial charge in [-0.3, -0.25) is 4.79 Å². The topological polar surface area (TPSA) is 17.1 Å². The molecular weight excluding hydrogens is 254 g/mol. The lowest BCUT2D eigenvalue weighted by Crippen LogP contribution is -2.02. The molecule has 0 saturated carbocycles. The van der Waals surface area contributed by atoms with Crippen molar-refractivity contribution in [2.75, 3.05) is 0 Å². The van der Waals surface area contributed by atoms with E-state index in [1.54, 1.807) is 0 Å². The molecule has 0 N–H and O–H groups in total. The summed E-state index contributed by atoms with van der Waals surface area (Å²) in [4.78, 5) is 13.7. The van der Waals surface area contributed by atoms with Crippen molar-refractivity contribution in [1.82, 2.24) is 0 Å². The smallest absolute Gasteiger partial charge is 0.177 e. The van der Waals surface area contributed by atoms with Crippen LogP contribution in [-0.2, 0) is 6.42 Å². The number of carbonyl (C=O) groups is 1. The van der Waals surface area contributed by atoms with E-state index < -0.39 is 11.6 Å². The summed E-state index contributed by atoms with van der Waals surface area (Å²) in [6.45, 7) is 3.88. The van der Waals surface area contributed by atoms with Gasteiger partial charge in [-0.05, 0) is 43.2 Å². The summed E-state index contributed by atoms with van der Waals surface area (Å²) < 4.78 is 26.0. The first-order valence-electron chi connectivity index (χ1n) is 5.51. The van der Waals surface area contributed by atoms with Gasteiger partial charge < -0.3 is 0 Å². The second-order valence-corrected chi connectivity index (χ2v) is 5.48. The molecule has 2 aromatic rings. The molecule has 0 fully saturated rings. The Balaban J connectivity index is 2.21. The second kappa shape index (κ2) is 4.98. The number of carbonyl (C=O) groups excluding carboxylic acids is 1. The van der Waals surface area contributed by atoms with Crippen LogP contribution in [0.15, 0.2) is 24.3 Å². The lowest BCUT2D eigenvalue weighted by atomic mass is 10.1. The van der Waals surface area contributed by atoms with Crippen LogP contribution in [0.25, 0.3) is 0 Å². The van der Waals surface area contributed by atoms with Crippen molar-refractivity contribution in [1.29, 1.82) is 0 Å². The van der Waals surface area contributed by atoms with Crippen LogP contribution in [0.2, 0.25) is 0 Å². The van der Waals surface area contributed by atoms with Gasteiger partial charge in [0.15, 0.2) is 5.78 Å². The highest BCUT2D eigenvalue weighted by atomic mass is 32.1. The molecule has 0 atom stereocenters. The molecule has 1 aromatic carbocycles.